The van der Waals surface area contributed by atoms with E-state index >= 15 is 0 Å². The predicted octanol–water partition coefficient (Wildman–Crippen LogP) is -0.567. The molecule has 21 heavy (non-hydrogen) atoms. The lowest BCUT2D eigenvalue weighted by molar-refractivity contribution is -0.125. The molecule has 0 aliphatic carbocycles. The molecule has 0 radical (unpaired) electrons. The molecule has 1 aliphatic rings. The van der Waals surface area contributed by atoms with Gasteiger partial charge in [-0.1, -0.05) is 6.92 Å². The molecule has 1 heterocycles. The van der Waals surface area contributed by atoms with Crippen LogP contribution in [0.5, 0.6) is 0 Å². The Morgan fingerprint density at radius 3 is 2.33 bits per heavy atom. The van der Waals surface area contributed by atoms with Gasteiger partial charge < -0.3 is 16.0 Å². The average molecular weight is 299 g/mol. The second-order valence-electron chi connectivity index (χ2n) is 5.70. The molecule has 122 valence electrons. The molecule has 2 atom stereocenters. The number of imide groups is 1. The van der Waals surface area contributed by atoms with Gasteiger partial charge in [0.15, 0.2) is 0 Å². The van der Waals surface area contributed by atoms with Crippen molar-refractivity contribution >= 4 is 11.9 Å². The van der Waals surface area contributed by atoms with Crippen molar-refractivity contribution in [3.8, 4) is 0 Å². The Balaban J connectivity index is 2.35. The van der Waals surface area contributed by atoms with Gasteiger partial charge in [-0.25, -0.2) is 4.79 Å². The van der Waals surface area contributed by atoms with Gasteiger partial charge in [0.05, 0.1) is 6.04 Å². The fourth-order valence-corrected chi connectivity index (χ4v) is 2.44. The van der Waals surface area contributed by atoms with Crippen LogP contribution in [0.1, 0.15) is 20.8 Å². The highest BCUT2D eigenvalue weighted by atomic mass is 16.2. The lowest BCUT2D eigenvalue weighted by Gasteiger charge is -2.38. The normalized spacial score (nSPS) is 19.8. The number of piperazine rings is 1. The Kier molecular flexibility index (Phi) is 7.63. The summed E-state index contributed by atoms with van der Waals surface area (Å²) in [4.78, 5) is 27.8. The van der Waals surface area contributed by atoms with Crippen LogP contribution in [0.15, 0.2) is 0 Å². The van der Waals surface area contributed by atoms with Crippen molar-refractivity contribution in [1.29, 1.82) is 0 Å². The third-order valence-corrected chi connectivity index (χ3v) is 3.88. The number of amides is 3. The van der Waals surface area contributed by atoms with Crippen molar-refractivity contribution in [3.63, 3.8) is 0 Å². The zero-order valence-corrected chi connectivity index (χ0v) is 13.4. The Hall–Kier alpha value is -1.18. The zero-order chi connectivity index (χ0) is 15.8. The number of rotatable bonds is 6. The van der Waals surface area contributed by atoms with E-state index in [-0.39, 0.29) is 11.9 Å². The molecule has 1 saturated heterocycles. The van der Waals surface area contributed by atoms with E-state index in [1.165, 1.54) is 0 Å². The lowest BCUT2D eigenvalue weighted by Crippen LogP contribution is -2.55. The van der Waals surface area contributed by atoms with Crippen LogP contribution >= 0.6 is 0 Å². The summed E-state index contributed by atoms with van der Waals surface area (Å²) in [5, 5.41) is 4.93. The van der Waals surface area contributed by atoms with Crippen molar-refractivity contribution in [2.45, 2.75) is 26.8 Å². The first-order valence-corrected chi connectivity index (χ1v) is 7.73. The van der Waals surface area contributed by atoms with Gasteiger partial charge >= 0.3 is 6.03 Å². The monoisotopic (exact) mass is 299 g/mol. The smallest absolute Gasteiger partial charge is 0.321 e. The third kappa shape index (κ3) is 5.99. The van der Waals surface area contributed by atoms with Crippen LogP contribution in [0.3, 0.4) is 0 Å². The highest BCUT2D eigenvalue weighted by molar-refractivity contribution is 5.96. The second-order valence-corrected chi connectivity index (χ2v) is 5.70. The minimum absolute atomic E-state index is 0.246. The number of urea groups is 1. The fraction of sp³-hybridized carbons (Fsp3) is 0.857. The van der Waals surface area contributed by atoms with Crippen LogP contribution < -0.4 is 16.4 Å². The quantitative estimate of drug-likeness (QED) is 0.611. The molecule has 0 spiro atoms. The number of nitrogens with two attached hydrogens (primary N) is 1. The van der Waals surface area contributed by atoms with E-state index in [0.717, 1.165) is 32.7 Å². The largest absolute Gasteiger partial charge is 0.338 e. The summed E-state index contributed by atoms with van der Waals surface area (Å²) in [6, 6.07) is -0.716. The van der Waals surface area contributed by atoms with Gasteiger partial charge in [-0.2, -0.15) is 0 Å². The van der Waals surface area contributed by atoms with Crippen molar-refractivity contribution in [2.75, 3.05) is 45.8 Å². The van der Waals surface area contributed by atoms with Gasteiger partial charge in [-0.15, -0.1) is 0 Å². The van der Waals surface area contributed by atoms with E-state index in [1.807, 2.05) is 13.8 Å². The van der Waals surface area contributed by atoms with Crippen molar-refractivity contribution < 1.29 is 9.59 Å². The first-order chi connectivity index (χ1) is 9.97. The molecule has 1 rings (SSSR count). The van der Waals surface area contributed by atoms with Crippen LogP contribution in [0.2, 0.25) is 0 Å². The van der Waals surface area contributed by atoms with Crippen molar-refractivity contribution in [1.82, 2.24) is 20.4 Å². The third-order valence-electron chi connectivity index (χ3n) is 3.88. The summed E-state index contributed by atoms with van der Waals surface area (Å²) in [7, 11) is 0. The molecule has 1 fully saturated rings. The van der Waals surface area contributed by atoms with E-state index in [1.54, 1.807) is 0 Å². The van der Waals surface area contributed by atoms with Gasteiger partial charge in [0, 0.05) is 39.3 Å². The fourth-order valence-electron chi connectivity index (χ4n) is 2.44. The van der Waals surface area contributed by atoms with Crippen LogP contribution in [0.4, 0.5) is 4.79 Å². The molecule has 4 N–H and O–H groups in total. The summed E-state index contributed by atoms with van der Waals surface area (Å²) in [6.45, 7) is 11.5. The number of nitrogens with zero attached hydrogens (tertiary/aromatic N) is 2. The summed E-state index contributed by atoms with van der Waals surface area (Å²) in [6.07, 6.45) is 0. The molecule has 0 bridgehead atoms. The number of carbonyl (C=O) groups is 2. The van der Waals surface area contributed by atoms with Crippen LogP contribution in [-0.2, 0) is 4.79 Å². The molecular weight excluding hydrogens is 270 g/mol. The van der Waals surface area contributed by atoms with Crippen LogP contribution in [0.25, 0.3) is 0 Å². The molecule has 7 nitrogen and oxygen atoms in total. The molecule has 0 aromatic heterocycles. The molecule has 1 aliphatic heterocycles. The summed E-state index contributed by atoms with van der Waals surface area (Å²) in [5.41, 5.74) is 5.65. The maximum atomic E-state index is 12.0. The second kappa shape index (κ2) is 8.96. The van der Waals surface area contributed by atoms with Gasteiger partial charge in [-0.05, 0) is 26.3 Å². The molecule has 0 aromatic rings. The lowest BCUT2D eigenvalue weighted by atomic mass is 10.1. The average Bonchev–Trinajstić information content (AvgIpc) is 2.47. The van der Waals surface area contributed by atoms with Gasteiger partial charge in [0.1, 0.15) is 0 Å². The Bertz CT molecular complexity index is 342. The van der Waals surface area contributed by atoms with Crippen LogP contribution in [-0.4, -0.2) is 73.6 Å². The first-order valence-electron chi connectivity index (χ1n) is 7.73. The van der Waals surface area contributed by atoms with E-state index in [2.05, 4.69) is 27.4 Å². The SMILES string of the molecule is CCNC(=O)NC(=O)C(C)N1CCN(CC(C)CN)CC1. The first kappa shape index (κ1) is 17.9. The Morgan fingerprint density at radius 2 is 1.81 bits per heavy atom. The van der Waals surface area contributed by atoms with E-state index in [4.69, 9.17) is 5.73 Å². The van der Waals surface area contributed by atoms with E-state index in [9.17, 15) is 9.59 Å². The number of hydrogen-bond acceptors (Lipinski definition) is 5. The summed E-state index contributed by atoms with van der Waals surface area (Å²) >= 11 is 0. The van der Waals surface area contributed by atoms with Gasteiger partial charge in [0.25, 0.3) is 0 Å². The molecule has 0 saturated carbocycles. The van der Waals surface area contributed by atoms with Crippen molar-refractivity contribution in [2.24, 2.45) is 11.7 Å². The van der Waals surface area contributed by atoms with Gasteiger partial charge in [-0.3, -0.25) is 15.0 Å². The Morgan fingerprint density at radius 1 is 1.19 bits per heavy atom. The summed E-state index contributed by atoms with van der Waals surface area (Å²) < 4.78 is 0. The standard InChI is InChI=1S/C14H29N5O2/c1-4-16-14(21)17-13(20)12(3)19-7-5-18(6-8-19)10-11(2)9-15/h11-12H,4-10,15H2,1-3H3,(H2,16,17,20,21). The zero-order valence-electron chi connectivity index (χ0n) is 13.4. The van der Waals surface area contributed by atoms with Crippen molar-refractivity contribution in [3.05, 3.63) is 0 Å². The molecule has 3 amide bonds. The molecule has 2 unspecified atom stereocenters. The highest BCUT2D eigenvalue weighted by Crippen LogP contribution is 2.08. The van der Waals surface area contributed by atoms with Crippen LogP contribution in [0, 0.1) is 5.92 Å². The molecular formula is C14H29N5O2. The summed E-state index contributed by atoms with van der Waals surface area (Å²) in [5.74, 6) is 0.250. The van der Waals surface area contributed by atoms with E-state index < -0.39 is 6.03 Å². The minimum atomic E-state index is -0.426. The molecule has 7 heteroatoms. The topological polar surface area (TPSA) is 90.7 Å². The minimum Gasteiger partial charge on any atom is -0.338 e. The predicted molar refractivity (Wildman–Crippen MR) is 82.9 cm³/mol. The number of carbonyl (C=O) groups excluding carboxylic acids is 2. The Labute approximate surface area is 127 Å². The molecule has 0 aromatic carbocycles. The number of hydrogen-bond donors (Lipinski definition) is 3. The highest BCUT2D eigenvalue weighted by Gasteiger charge is 2.26. The van der Waals surface area contributed by atoms with E-state index in [0.29, 0.717) is 19.0 Å². The maximum Gasteiger partial charge on any atom is 0.321 e. The number of nitrogens with one attached hydrogen (secondary N) is 2. The maximum absolute atomic E-state index is 12.0. The van der Waals surface area contributed by atoms with Gasteiger partial charge in [0.2, 0.25) is 5.91 Å².